The Balaban J connectivity index is 0.00000243. The van der Waals surface area contributed by atoms with E-state index in [4.69, 9.17) is 20.0 Å². The van der Waals surface area contributed by atoms with Crippen LogP contribution in [0.2, 0.25) is 0 Å². The summed E-state index contributed by atoms with van der Waals surface area (Å²) in [6.07, 6.45) is 0.260. The normalized spacial score (nSPS) is 11.5. The minimum absolute atomic E-state index is 0. The molecule has 7 nitrogen and oxygen atoms in total. The van der Waals surface area contributed by atoms with Crippen LogP contribution in [-0.2, 0) is 11.2 Å². The number of benzene rings is 2. The van der Waals surface area contributed by atoms with E-state index in [9.17, 15) is 4.79 Å². The van der Waals surface area contributed by atoms with Crippen molar-refractivity contribution in [2.75, 3.05) is 7.11 Å². The molecule has 26 heavy (non-hydrogen) atoms. The zero-order valence-corrected chi connectivity index (χ0v) is 14.8. The van der Waals surface area contributed by atoms with Crippen LogP contribution in [0.3, 0.4) is 0 Å². The van der Waals surface area contributed by atoms with Crippen molar-refractivity contribution in [2.45, 2.75) is 12.5 Å². The minimum Gasteiger partial charge on any atom is -0.497 e. The van der Waals surface area contributed by atoms with Gasteiger partial charge < -0.3 is 20.0 Å². The smallest absolute Gasteiger partial charge is 0.320 e. The van der Waals surface area contributed by atoms with Crippen LogP contribution in [0, 0.1) is 0 Å². The van der Waals surface area contributed by atoms with E-state index in [0.29, 0.717) is 11.8 Å². The van der Waals surface area contributed by atoms with Crippen LogP contribution in [0.25, 0.3) is 22.9 Å². The molecule has 1 atom stereocenters. The van der Waals surface area contributed by atoms with Crippen LogP contribution in [0.15, 0.2) is 52.9 Å². The van der Waals surface area contributed by atoms with Crippen LogP contribution in [-0.4, -0.2) is 34.4 Å². The highest BCUT2D eigenvalue weighted by Crippen LogP contribution is 2.25. The Kier molecular flexibility index (Phi) is 6.32. The Morgan fingerprint density at radius 2 is 1.58 bits per heavy atom. The summed E-state index contributed by atoms with van der Waals surface area (Å²) in [6, 6.07) is 13.6. The molecule has 1 heterocycles. The van der Waals surface area contributed by atoms with E-state index in [1.165, 1.54) is 0 Å². The number of aliphatic carboxylic acids is 1. The van der Waals surface area contributed by atoms with Gasteiger partial charge >= 0.3 is 5.97 Å². The number of hydrogen-bond donors (Lipinski definition) is 2. The second-order valence-corrected chi connectivity index (χ2v) is 5.49. The highest BCUT2D eigenvalue weighted by atomic mass is 35.5. The van der Waals surface area contributed by atoms with E-state index < -0.39 is 12.0 Å². The van der Waals surface area contributed by atoms with E-state index in [2.05, 4.69) is 10.2 Å². The summed E-state index contributed by atoms with van der Waals surface area (Å²) in [5.74, 6) is 0.526. The first-order chi connectivity index (χ1) is 12.1. The maximum absolute atomic E-state index is 10.8. The third-order valence-electron chi connectivity index (χ3n) is 3.74. The van der Waals surface area contributed by atoms with Gasteiger partial charge in [-0.2, -0.15) is 0 Å². The summed E-state index contributed by atoms with van der Waals surface area (Å²) < 4.78 is 10.8. The van der Waals surface area contributed by atoms with Gasteiger partial charge in [0, 0.05) is 11.1 Å². The lowest BCUT2D eigenvalue weighted by Gasteiger charge is -2.06. The molecule has 0 radical (unpaired) electrons. The number of carboxylic acids is 1. The van der Waals surface area contributed by atoms with Crippen molar-refractivity contribution in [2.24, 2.45) is 5.73 Å². The monoisotopic (exact) mass is 375 g/mol. The number of halogens is 1. The minimum atomic E-state index is -1.02. The Hall–Kier alpha value is -2.90. The average Bonchev–Trinajstić information content (AvgIpc) is 3.12. The molecule has 3 aromatic rings. The summed E-state index contributed by atoms with van der Waals surface area (Å²) >= 11 is 0. The predicted octanol–water partition coefficient (Wildman–Crippen LogP) is 2.79. The van der Waals surface area contributed by atoms with Gasteiger partial charge in [-0.15, -0.1) is 22.6 Å². The molecule has 0 aliphatic rings. The van der Waals surface area contributed by atoms with Crippen LogP contribution < -0.4 is 10.5 Å². The zero-order chi connectivity index (χ0) is 17.8. The molecule has 0 saturated heterocycles. The van der Waals surface area contributed by atoms with Crippen LogP contribution >= 0.6 is 12.4 Å². The van der Waals surface area contributed by atoms with Crippen LogP contribution in [0.5, 0.6) is 5.75 Å². The van der Waals surface area contributed by atoms with Crippen molar-refractivity contribution in [1.82, 2.24) is 10.2 Å². The fourth-order valence-corrected chi connectivity index (χ4v) is 2.31. The highest BCUT2D eigenvalue weighted by Gasteiger charge is 2.13. The first-order valence-electron chi connectivity index (χ1n) is 7.62. The summed E-state index contributed by atoms with van der Waals surface area (Å²) in [5, 5.41) is 17.0. The Morgan fingerprint density at radius 3 is 2.04 bits per heavy atom. The lowest BCUT2D eigenvalue weighted by molar-refractivity contribution is -0.138. The molecule has 0 spiro atoms. The molecule has 1 aromatic heterocycles. The van der Waals surface area contributed by atoms with Crippen molar-refractivity contribution in [3.05, 3.63) is 54.1 Å². The number of ether oxygens (including phenoxy) is 1. The van der Waals surface area contributed by atoms with Gasteiger partial charge in [0.1, 0.15) is 11.8 Å². The van der Waals surface area contributed by atoms with Crippen molar-refractivity contribution < 1.29 is 19.1 Å². The van der Waals surface area contributed by atoms with Gasteiger partial charge in [-0.1, -0.05) is 12.1 Å². The van der Waals surface area contributed by atoms with Gasteiger partial charge in [0.25, 0.3) is 0 Å². The quantitative estimate of drug-likeness (QED) is 0.681. The molecular weight excluding hydrogens is 358 g/mol. The van der Waals surface area contributed by atoms with Gasteiger partial charge in [-0.3, -0.25) is 4.79 Å². The first kappa shape index (κ1) is 19.4. The maximum atomic E-state index is 10.8. The molecule has 0 amide bonds. The molecule has 3 N–H and O–H groups in total. The summed E-state index contributed by atoms with van der Waals surface area (Å²) in [5.41, 5.74) is 7.91. The topological polar surface area (TPSA) is 111 Å². The fraction of sp³-hybridized carbons (Fsp3) is 0.167. The third-order valence-corrected chi connectivity index (χ3v) is 3.74. The van der Waals surface area contributed by atoms with Gasteiger partial charge in [0.2, 0.25) is 11.8 Å². The largest absolute Gasteiger partial charge is 0.497 e. The maximum Gasteiger partial charge on any atom is 0.320 e. The van der Waals surface area contributed by atoms with Crippen LogP contribution in [0.4, 0.5) is 0 Å². The number of hydrogen-bond acceptors (Lipinski definition) is 6. The zero-order valence-electron chi connectivity index (χ0n) is 14.0. The van der Waals surface area contributed by atoms with Crippen molar-refractivity contribution in [3.8, 4) is 28.7 Å². The third kappa shape index (κ3) is 4.38. The molecule has 0 unspecified atom stereocenters. The Morgan fingerprint density at radius 1 is 1.08 bits per heavy atom. The molecule has 0 saturated carbocycles. The van der Waals surface area contributed by atoms with Gasteiger partial charge in [-0.25, -0.2) is 0 Å². The van der Waals surface area contributed by atoms with Crippen molar-refractivity contribution in [3.63, 3.8) is 0 Å². The number of carboxylic acid groups (broad SMARTS) is 1. The number of methoxy groups -OCH3 is 1. The summed E-state index contributed by atoms with van der Waals surface area (Å²) in [6.45, 7) is 0. The summed E-state index contributed by atoms with van der Waals surface area (Å²) in [4.78, 5) is 10.8. The van der Waals surface area contributed by atoms with Crippen LogP contribution in [0.1, 0.15) is 5.56 Å². The predicted molar refractivity (Wildman–Crippen MR) is 98.3 cm³/mol. The first-order valence-corrected chi connectivity index (χ1v) is 7.62. The molecule has 0 fully saturated rings. The summed E-state index contributed by atoms with van der Waals surface area (Å²) in [7, 11) is 1.60. The van der Waals surface area contributed by atoms with Gasteiger partial charge in [0.15, 0.2) is 0 Å². The standard InChI is InChI=1S/C18H17N3O4.ClH/c1-24-14-8-6-13(7-9-14)17-21-20-16(25-17)12-4-2-11(3-5-12)10-15(19)18(22)23;/h2-9,15H,10,19H2,1H3,(H,22,23);1H/t15-;/m0./s1. The van der Waals surface area contributed by atoms with Crippen molar-refractivity contribution in [1.29, 1.82) is 0 Å². The Labute approximate surface area is 156 Å². The van der Waals surface area contributed by atoms with E-state index in [1.54, 1.807) is 31.4 Å². The molecule has 3 rings (SSSR count). The molecular formula is C18H18ClN3O4. The molecule has 0 aliphatic heterocycles. The second kappa shape index (κ2) is 8.46. The number of aromatic nitrogens is 2. The van der Waals surface area contributed by atoms with E-state index in [1.807, 2.05) is 24.3 Å². The van der Waals surface area contributed by atoms with Gasteiger partial charge in [0.05, 0.1) is 7.11 Å². The highest BCUT2D eigenvalue weighted by molar-refractivity contribution is 5.85. The van der Waals surface area contributed by atoms with E-state index >= 15 is 0 Å². The van der Waals surface area contributed by atoms with Crippen molar-refractivity contribution >= 4 is 18.4 Å². The molecule has 0 bridgehead atoms. The number of nitrogens with zero attached hydrogens (tertiary/aromatic N) is 2. The lowest BCUT2D eigenvalue weighted by Crippen LogP contribution is -2.32. The average molecular weight is 376 g/mol. The van der Waals surface area contributed by atoms with E-state index in [-0.39, 0.29) is 18.8 Å². The molecule has 0 aliphatic carbocycles. The Bertz CT molecular complexity index is 863. The molecule has 8 heteroatoms. The molecule has 136 valence electrons. The number of carbonyl (C=O) groups is 1. The number of rotatable bonds is 6. The SMILES string of the molecule is COc1ccc(-c2nnc(-c3ccc(C[C@H](N)C(=O)O)cc3)o2)cc1.Cl. The van der Waals surface area contributed by atoms with E-state index in [0.717, 1.165) is 22.4 Å². The lowest BCUT2D eigenvalue weighted by atomic mass is 10.0. The second-order valence-electron chi connectivity index (χ2n) is 5.49. The fourth-order valence-electron chi connectivity index (χ4n) is 2.31. The number of nitrogens with two attached hydrogens (primary N) is 1. The van der Waals surface area contributed by atoms with Gasteiger partial charge in [-0.05, 0) is 48.4 Å². The molecule has 2 aromatic carbocycles.